The molecule has 0 atom stereocenters. The highest BCUT2D eigenvalue weighted by atomic mass is 16.5. The molecule has 0 saturated heterocycles. The number of nitrogens with one attached hydrogen (secondary N) is 1. The van der Waals surface area contributed by atoms with Gasteiger partial charge in [-0.05, 0) is 38.3 Å². The molecule has 3 N–H and O–H groups in total. The number of hydrogen-bond donors (Lipinski definition) is 2. The van der Waals surface area contributed by atoms with Crippen LogP contribution in [0.5, 0.6) is 0 Å². The average Bonchev–Trinajstić information content (AvgIpc) is 2.18. The maximum absolute atomic E-state index is 5.89. The maximum Gasteiger partial charge on any atom is 0.149 e. The molecule has 16 heavy (non-hydrogen) atoms. The van der Waals surface area contributed by atoms with Crippen molar-refractivity contribution >= 4 is 11.5 Å². The van der Waals surface area contributed by atoms with Gasteiger partial charge in [-0.1, -0.05) is 0 Å². The van der Waals surface area contributed by atoms with Crippen LogP contribution in [0.3, 0.4) is 0 Å². The monoisotopic (exact) mass is 221 g/mol. The lowest BCUT2D eigenvalue weighted by Gasteiger charge is -2.35. The Bertz CT molecular complexity index is 361. The van der Waals surface area contributed by atoms with Crippen molar-refractivity contribution in [1.29, 1.82) is 0 Å². The molecule has 88 valence electrons. The minimum absolute atomic E-state index is 0.411. The van der Waals surface area contributed by atoms with Crippen LogP contribution >= 0.6 is 0 Å². The van der Waals surface area contributed by atoms with E-state index in [0.29, 0.717) is 12.1 Å². The van der Waals surface area contributed by atoms with E-state index in [1.807, 2.05) is 26.1 Å². The van der Waals surface area contributed by atoms with E-state index in [1.165, 1.54) is 0 Å². The van der Waals surface area contributed by atoms with Crippen LogP contribution in [0.25, 0.3) is 0 Å². The van der Waals surface area contributed by atoms with Crippen LogP contribution in [0.4, 0.5) is 11.5 Å². The van der Waals surface area contributed by atoms with E-state index >= 15 is 0 Å². The van der Waals surface area contributed by atoms with Crippen LogP contribution in [0.15, 0.2) is 12.3 Å². The van der Waals surface area contributed by atoms with Gasteiger partial charge < -0.3 is 15.8 Å². The van der Waals surface area contributed by atoms with Gasteiger partial charge in [-0.3, -0.25) is 0 Å². The predicted octanol–water partition coefficient (Wildman–Crippen LogP) is 1.95. The van der Waals surface area contributed by atoms with Gasteiger partial charge >= 0.3 is 0 Å². The van der Waals surface area contributed by atoms with Crippen molar-refractivity contribution in [2.24, 2.45) is 0 Å². The van der Waals surface area contributed by atoms with E-state index in [2.05, 4.69) is 10.3 Å². The molecular formula is C12H19N3O. The Morgan fingerprint density at radius 1 is 1.56 bits per heavy atom. The molecule has 1 heterocycles. The largest absolute Gasteiger partial charge is 0.396 e. The number of nitrogens with zero attached hydrogens (tertiary/aromatic N) is 1. The topological polar surface area (TPSA) is 60.2 Å². The highest BCUT2D eigenvalue weighted by molar-refractivity contribution is 5.62. The van der Waals surface area contributed by atoms with Crippen LogP contribution in [0.2, 0.25) is 0 Å². The van der Waals surface area contributed by atoms with Gasteiger partial charge in [0.25, 0.3) is 0 Å². The molecule has 0 bridgehead atoms. The van der Waals surface area contributed by atoms with E-state index in [9.17, 15) is 0 Å². The van der Waals surface area contributed by atoms with E-state index < -0.39 is 0 Å². The Morgan fingerprint density at radius 3 is 2.94 bits per heavy atom. The van der Waals surface area contributed by atoms with E-state index in [1.54, 1.807) is 0 Å². The SMILES string of the molecule is CCOC1CC(Nc2ncc(C)cc2N)C1. The summed E-state index contributed by atoms with van der Waals surface area (Å²) >= 11 is 0. The molecule has 4 heteroatoms. The third kappa shape index (κ3) is 2.44. The lowest BCUT2D eigenvalue weighted by molar-refractivity contribution is 0.00293. The van der Waals surface area contributed by atoms with Crippen molar-refractivity contribution in [3.63, 3.8) is 0 Å². The summed E-state index contributed by atoms with van der Waals surface area (Å²) in [5.74, 6) is 0.797. The van der Waals surface area contributed by atoms with Gasteiger partial charge in [0.05, 0.1) is 11.8 Å². The lowest BCUT2D eigenvalue weighted by Crippen LogP contribution is -2.41. The van der Waals surface area contributed by atoms with Crippen LogP contribution in [-0.4, -0.2) is 23.7 Å². The van der Waals surface area contributed by atoms with Crippen molar-refractivity contribution in [1.82, 2.24) is 4.98 Å². The number of anilines is 2. The fourth-order valence-electron chi connectivity index (χ4n) is 1.96. The Balaban J connectivity index is 1.87. The van der Waals surface area contributed by atoms with Crippen molar-refractivity contribution in [2.75, 3.05) is 17.7 Å². The molecular weight excluding hydrogens is 202 g/mol. The van der Waals surface area contributed by atoms with Gasteiger partial charge in [-0.25, -0.2) is 4.98 Å². The van der Waals surface area contributed by atoms with Crippen LogP contribution in [0, 0.1) is 6.92 Å². The number of aromatic nitrogens is 1. The molecule has 1 aliphatic rings. The summed E-state index contributed by atoms with van der Waals surface area (Å²) in [6, 6.07) is 2.39. The predicted molar refractivity (Wildman–Crippen MR) is 65.4 cm³/mol. The molecule has 0 amide bonds. The van der Waals surface area contributed by atoms with Gasteiger partial charge in [-0.15, -0.1) is 0 Å². The lowest BCUT2D eigenvalue weighted by atomic mass is 9.89. The molecule has 0 spiro atoms. The first-order valence-corrected chi connectivity index (χ1v) is 5.79. The number of hydrogen-bond acceptors (Lipinski definition) is 4. The summed E-state index contributed by atoms with van der Waals surface area (Å²) in [5, 5.41) is 3.35. The quantitative estimate of drug-likeness (QED) is 0.816. The second kappa shape index (κ2) is 4.70. The zero-order chi connectivity index (χ0) is 11.5. The van der Waals surface area contributed by atoms with Crippen LogP contribution < -0.4 is 11.1 Å². The van der Waals surface area contributed by atoms with Crippen LogP contribution in [-0.2, 0) is 4.74 Å². The number of nitrogen functional groups attached to an aromatic ring is 1. The smallest absolute Gasteiger partial charge is 0.149 e. The Morgan fingerprint density at radius 2 is 2.31 bits per heavy atom. The molecule has 0 radical (unpaired) electrons. The van der Waals surface area contributed by atoms with Gasteiger partial charge in [-0.2, -0.15) is 0 Å². The summed E-state index contributed by atoms with van der Waals surface area (Å²) in [7, 11) is 0. The first-order chi connectivity index (χ1) is 7.69. The van der Waals surface area contributed by atoms with E-state index in [-0.39, 0.29) is 0 Å². The van der Waals surface area contributed by atoms with Crippen molar-refractivity contribution in [3.8, 4) is 0 Å². The molecule has 4 nitrogen and oxygen atoms in total. The Labute approximate surface area is 96.2 Å². The second-order valence-corrected chi connectivity index (χ2v) is 4.34. The molecule has 0 unspecified atom stereocenters. The minimum Gasteiger partial charge on any atom is -0.396 e. The van der Waals surface area contributed by atoms with Crippen LogP contribution in [0.1, 0.15) is 25.3 Å². The van der Waals surface area contributed by atoms with Crippen molar-refractivity contribution < 1.29 is 4.74 Å². The molecule has 1 aromatic heterocycles. The standard InChI is InChI=1S/C12H19N3O/c1-3-16-10-5-9(6-10)15-12-11(13)4-8(2)7-14-12/h4,7,9-10H,3,5-6,13H2,1-2H3,(H,14,15). The van der Waals surface area contributed by atoms with Gasteiger partial charge in [0.15, 0.2) is 0 Å². The second-order valence-electron chi connectivity index (χ2n) is 4.34. The Kier molecular flexibility index (Phi) is 3.29. The summed E-state index contributed by atoms with van der Waals surface area (Å²) < 4.78 is 5.50. The third-order valence-corrected chi connectivity index (χ3v) is 2.89. The molecule has 2 rings (SSSR count). The molecule has 1 aromatic rings. The normalized spacial score (nSPS) is 23.9. The Hall–Kier alpha value is -1.29. The summed E-state index contributed by atoms with van der Waals surface area (Å²) in [6.45, 7) is 4.81. The molecule has 1 aliphatic carbocycles. The number of ether oxygens (including phenoxy) is 1. The van der Waals surface area contributed by atoms with E-state index in [4.69, 9.17) is 10.5 Å². The van der Waals surface area contributed by atoms with Gasteiger partial charge in [0.1, 0.15) is 5.82 Å². The molecule has 0 aliphatic heterocycles. The molecule has 1 saturated carbocycles. The highest BCUT2D eigenvalue weighted by Gasteiger charge is 2.29. The minimum atomic E-state index is 0.411. The maximum atomic E-state index is 5.89. The fourth-order valence-corrected chi connectivity index (χ4v) is 1.96. The highest BCUT2D eigenvalue weighted by Crippen LogP contribution is 2.28. The summed E-state index contributed by atoms with van der Waals surface area (Å²) in [4.78, 5) is 4.29. The zero-order valence-corrected chi connectivity index (χ0v) is 9.86. The first-order valence-electron chi connectivity index (χ1n) is 5.79. The first kappa shape index (κ1) is 11.2. The van der Waals surface area contributed by atoms with Crippen molar-refractivity contribution in [3.05, 3.63) is 17.8 Å². The van der Waals surface area contributed by atoms with Crippen molar-refractivity contribution in [2.45, 2.75) is 38.8 Å². The zero-order valence-electron chi connectivity index (χ0n) is 9.86. The van der Waals surface area contributed by atoms with Gasteiger partial charge in [0.2, 0.25) is 0 Å². The average molecular weight is 221 g/mol. The number of rotatable bonds is 4. The fraction of sp³-hybridized carbons (Fsp3) is 0.583. The summed E-state index contributed by atoms with van der Waals surface area (Å²) in [5.41, 5.74) is 7.69. The van der Waals surface area contributed by atoms with Gasteiger partial charge in [0, 0.05) is 18.8 Å². The number of nitrogens with two attached hydrogens (primary N) is 1. The number of aryl methyl sites for hydroxylation is 1. The third-order valence-electron chi connectivity index (χ3n) is 2.89. The molecule has 1 fully saturated rings. The van der Waals surface area contributed by atoms with E-state index in [0.717, 1.165) is 36.5 Å². The molecule has 0 aromatic carbocycles. The summed E-state index contributed by atoms with van der Waals surface area (Å²) in [6.07, 6.45) is 4.33. The number of pyridine rings is 1.